The summed E-state index contributed by atoms with van der Waals surface area (Å²) in [5.41, 5.74) is 4.52. The second-order valence-electron chi connectivity index (χ2n) is 10.2. The molecule has 0 saturated carbocycles. The van der Waals surface area contributed by atoms with Crippen LogP contribution < -0.4 is 0 Å². The molecule has 0 radical (unpaired) electrons. The number of rotatable bonds is 8. The molecular weight excluding hydrogens is 418 g/mol. The van der Waals surface area contributed by atoms with E-state index in [4.69, 9.17) is 4.98 Å². The van der Waals surface area contributed by atoms with E-state index >= 15 is 0 Å². The lowest BCUT2D eigenvalue weighted by Gasteiger charge is -2.32. The quantitative estimate of drug-likeness (QED) is 0.472. The molecule has 5 nitrogen and oxygen atoms in total. The molecule has 1 aliphatic carbocycles. The van der Waals surface area contributed by atoms with Crippen molar-refractivity contribution in [1.29, 1.82) is 0 Å². The summed E-state index contributed by atoms with van der Waals surface area (Å²) in [6.07, 6.45) is 14.7. The van der Waals surface area contributed by atoms with Gasteiger partial charge in [0.15, 0.2) is 0 Å². The molecule has 1 unspecified atom stereocenters. The van der Waals surface area contributed by atoms with Gasteiger partial charge in [0.1, 0.15) is 5.82 Å². The number of pyridine rings is 1. The Kier molecular flexibility index (Phi) is 10.1. The van der Waals surface area contributed by atoms with Crippen LogP contribution in [-0.4, -0.2) is 51.0 Å². The van der Waals surface area contributed by atoms with Crippen LogP contribution in [0.1, 0.15) is 86.9 Å². The van der Waals surface area contributed by atoms with Gasteiger partial charge in [0.25, 0.3) is 0 Å². The number of fused-ring (bicyclic) bond motifs is 1. The van der Waals surface area contributed by atoms with E-state index < -0.39 is 0 Å². The first-order valence-corrected chi connectivity index (χ1v) is 13.1. The molecule has 0 spiro atoms. The number of piperidine rings is 1. The van der Waals surface area contributed by atoms with Crippen LogP contribution >= 0.6 is 0 Å². The molecule has 3 heterocycles. The summed E-state index contributed by atoms with van der Waals surface area (Å²) in [6.45, 7) is 17.2. The van der Waals surface area contributed by atoms with E-state index in [0.29, 0.717) is 6.04 Å². The molecule has 1 saturated heterocycles. The topological polar surface area (TPSA) is 37.2 Å². The van der Waals surface area contributed by atoms with E-state index in [2.05, 4.69) is 59.5 Å². The summed E-state index contributed by atoms with van der Waals surface area (Å²) in [7, 11) is 4.19. The Labute approximate surface area is 207 Å². The molecule has 1 atom stereocenters. The predicted octanol–water partition coefficient (Wildman–Crippen LogP) is 6.13. The van der Waals surface area contributed by atoms with Crippen molar-refractivity contribution in [2.75, 3.05) is 26.7 Å². The van der Waals surface area contributed by atoms with Crippen molar-refractivity contribution < 1.29 is 0 Å². The van der Waals surface area contributed by atoms with Crippen molar-refractivity contribution in [3.05, 3.63) is 60.0 Å². The molecule has 2 aliphatic rings. The molecule has 1 aliphatic heterocycles. The number of aryl methyl sites for hydroxylation is 1. The standard InChI is InChI=1S/C19H24N4.C10H21N/c1-5-15-16(6-2)23(4)18(21-15)13-22(3)17-11-7-9-14-10-8-12-20-19(14)17;1-10(2)6-9-11-7-4-3-5-8-11/h5-6,8,10,12,17H,1-2,7,9,11,13H2,3-4H3;10H,3-9H2,1-2H3. The summed E-state index contributed by atoms with van der Waals surface area (Å²) in [5.74, 6) is 1.90. The lowest BCUT2D eigenvalue weighted by Crippen LogP contribution is -2.31. The fourth-order valence-corrected chi connectivity index (χ4v) is 5.09. The number of aromatic nitrogens is 3. The predicted molar refractivity (Wildman–Crippen MR) is 145 cm³/mol. The zero-order valence-corrected chi connectivity index (χ0v) is 22.0. The van der Waals surface area contributed by atoms with Crippen LogP contribution in [0.25, 0.3) is 12.2 Å². The number of nitrogens with zero attached hydrogens (tertiary/aromatic N) is 5. The van der Waals surface area contributed by atoms with E-state index in [1.807, 2.05) is 25.4 Å². The van der Waals surface area contributed by atoms with Crippen LogP contribution in [0.3, 0.4) is 0 Å². The van der Waals surface area contributed by atoms with E-state index in [0.717, 1.165) is 42.5 Å². The van der Waals surface area contributed by atoms with Gasteiger partial charge in [-0.2, -0.15) is 0 Å². The van der Waals surface area contributed by atoms with Gasteiger partial charge in [-0.25, -0.2) is 4.98 Å². The molecule has 0 amide bonds. The molecule has 5 heteroatoms. The van der Waals surface area contributed by atoms with Crippen LogP contribution in [0.2, 0.25) is 0 Å². The van der Waals surface area contributed by atoms with Crippen LogP contribution in [0.5, 0.6) is 0 Å². The SMILES string of the molecule is C=Cc1nc(CN(C)C2CCCc3cccnc32)n(C)c1C=C.CC(C)CCN1CCCCC1. The number of likely N-dealkylation sites (tertiary alicyclic amines) is 1. The highest BCUT2D eigenvalue weighted by Gasteiger charge is 2.26. The average Bonchev–Trinajstić information content (AvgIpc) is 3.17. The van der Waals surface area contributed by atoms with Gasteiger partial charge < -0.3 is 9.47 Å². The van der Waals surface area contributed by atoms with Gasteiger partial charge in [-0.05, 0) is 94.9 Å². The summed E-state index contributed by atoms with van der Waals surface area (Å²) in [4.78, 5) is 14.3. The maximum absolute atomic E-state index is 4.70. The highest BCUT2D eigenvalue weighted by atomic mass is 15.2. The number of imidazole rings is 1. The van der Waals surface area contributed by atoms with Crippen LogP contribution in [0.4, 0.5) is 0 Å². The Balaban J connectivity index is 0.000000248. The van der Waals surface area contributed by atoms with Crippen LogP contribution in [0, 0.1) is 5.92 Å². The maximum Gasteiger partial charge on any atom is 0.123 e. The monoisotopic (exact) mass is 463 g/mol. The van der Waals surface area contributed by atoms with Crippen molar-refractivity contribution in [2.24, 2.45) is 13.0 Å². The van der Waals surface area contributed by atoms with Gasteiger partial charge in [0.05, 0.1) is 29.7 Å². The molecular formula is C29H45N5. The van der Waals surface area contributed by atoms with Crippen LogP contribution in [0.15, 0.2) is 31.5 Å². The van der Waals surface area contributed by atoms with Crippen molar-refractivity contribution in [3.63, 3.8) is 0 Å². The van der Waals surface area contributed by atoms with Gasteiger partial charge in [-0.1, -0.05) is 39.5 Å². The van der Waals surface area contributed by atoms with Crippen molar-refractivity contribution in [3.8, 4) is 0 Å². The Bertz CT molecular complexity index is 923. The fourth-order valence-electron chi connectivity index (χ4n) is 5.09. The van der Waals surface area contributed by atoms with Gasteiger partial charge in [-0.15, -0.1) is 0 Å². The van der Waals surface area contributed by atoms with Gasteiger partial charge >= 0.3 is 0 Å². The third-order valence-electron chi connectivity index (χ3n) is 7.21. The molecule has 0 N–H and O–H groups in total. The summed E-state index contributed by atoms with van der Waals surface area (Å²) >= 11 is 0. The zero-order chi connectivity index (χ0) is 24.5. The smallest absolute Gasteiger partial charge is 0.123 e. The third-order valence-corrected chi connectivity index (χ3v) is 7.21. The molecule has 186 valence electrons. The Morgan fingerprint density at radius 3 is 2.56 bits per heavy atom. The number of hydrogen-bond donors (Lipinski definition) is 0. The fraction of sp³-hybridized carbons (Fsp3) is 0.586. The minimum Gasteiger partial charge on any atom is -0.330 e. The van der Waals surface area contributed by atoms with Crippen molar-refractivity contribution >= 4 is 12.2 Å². The Hall–Kier alpha value is -2.24. The molecule has 1 fully saturated rings. The van der Waals surface area contributed by atoms with E-state index in [1.54, 1.807) is 6.08 Å². The van der Waals surface area contributed by atoms with Gasteiger partial charge in [0, 0.05) is 13.2 Å². The second-order valence-corrected chi connectivity index (χ2v) is 10.2. The summed E-state index contributed by atoms with van der Waals surface area (Å²) < 4.78 is 2.10. The number of hydrogen-bond acceptors (Lipinski definition) is 4. The van der Waals surface area contributed by atoms with E-state index in [9.17, 15) is 0 Å². The highest BCUT2D eigenvalue weighted by Crippen LogP contribution is 2.32. The molecule has 34 heavy (non-hydrogen) atoms. The molecule has 2 aromatic heterocycles. The zero-order valence-electron chi connectivity index (χ0n) is 22.0. The lowest BCUT2D eigenvalue weighted by molar-refractivity contribution is 0.202. The first-order chi connectivity index (χ1) is 16.4. The maximum atomic E-state index is 4.70. The largest absolute Gasteiger partial charge is 0.330 e. The molecule has 0 aromatic carbocycles. The minimum atomic E-state index is 0.357. The second kappa shape index (κ2) is 13.0. The summed E-state index contributed by atoms with van der Waals surface area (Å²) in [5, 5.41) is 0. The summed E-state index contributed by atoms with van der Waals surface area (Å²) in [6, 6.07) is 4.59. The Morgan fingerprint density at radius 2 is 1.91 bits per heavy atom. The highest BCUT2D eigenvalue weighted by molar-refractivity contribution is 5.58. The molecule has 4 rings (SSSR count). The molecule has 2 aromatic rings. The van der Waals surface area contributed by atoms with Crippen LogP contribution in [-0.2, 0) is 20.0 Å². The van der Waals surface area contributed by atoms with E-state index in [1.165, 1.54) is 63.0 Å². The van der Waals surface area contributed by atoms with Gasteiger partial charge in [-0.3, -0.25) is 9.88 Å². The molecule has 0 bridgehead atoms. The van der Waals surface area contributed by atoms with Crippen molar-refractivity contribution in [1.82, 2.24) is 24.3 Å². The van der Waals surface area contributed by atoms with Gasteiger partial charge in [0.2, 0.25) is 0 Å². The first kappa shape index (κ1) is 26.4. The van der Waals surface area contributed by atoms with Crippen molar-refractivity contribution in [2.45, 2.75) is 71.4 Å². The Morgan fingerprint density at radius 1 is 1.15 bits per heavy atom. The average molecular weight is 464 g/mol. The lowest BCUT2D eigenvalue weighted by atomic mass is 9.91. The van der Waals surface area contributed by atoms with E-state index in [-0.39, 0.29) is 0 Å². The normalized spacial score (nSPS) is 18.4. The first-order valence-electron chi connectivity index (χ1n) is 13.1. The minimum absolute atomic E-state index is 0.357. The third kappa shape index (κ3) is 6.89.